The van der Waals surface area contributed by atoms with E-state index in [4.69, 9.17) is 0 Å². The van der Waals surface area contributed by atoms with E-state index in [2.05, 4.69) is 50.3 Å². The molecule has 1 fully saturated rings. The summed E-state index contributed by atoms with van der Waals surface area (Å²) in [5.41, 5.74) is 6.92. The number of carbonyl (C=O) groups excluding carboxylic acids is 1. The summed E-state index contributed by atoms with van der Waals surface area (Å²) in [6.45, 7) is 10.6. The lowest BCUT2D eigenvalue weighted by Gasteiger charge is -2.34. The van der Waals surface area contributed by atoms with Crippen LogP contribution in [0.4, 0.5) is 11.4 Å². The van der Waals surface area contributed by atoms with Crippen molar-refractivity contribution >= 4 is 24.0 Å². The molecule has 3 aromatic rings. The first-order valence-electron chi connectivity index (χ1n) is 15.7. The van der Waals surface area contributed by atoms with Crippen LogP contribution in [0.15, 0.2) is 64.2 Å². The number of hydrogen-bond acceptors (Lipinski definition) is 8. The average Bonchev–Trinajstić information content (AvgIpc) is 3.44. The number of aliphatic imine (C=N–C) groups is 1. The second-order valence-electron chi connectivity index (χ2n) is 12.2. The van der Waals surface area contributed by atoms with E-state index in [-0.39, 0.29) is 18.1 Å². The van der Waals surface area contributed by atoms with Crippen molar-refractivity contribution in [3.8, 4) is 11.1 Å². The molecule has 0 unspecified atom stereocenters. The zero-order valence-electron chi connectivity index (χ0n) is 26.4. The fraction of sp³-hybridized carbons (Fsp3) is 0.412. The molecule has 0 radical (unpaired) electrons. The van der Waals surface area contributed by atoms with Crippen LogP contribution in [-0.2, 0) is 33.0 Å². The first kappa shape index (κ1) is 30.5. The summed E-state index contributed by atoms with van der Waals surface area (Å²) in [7, 11) is 3.81. The quantitative estimate of drug-likeness (QED) is 0.297. The molecule has 1 aliphatic carbocycles. The van der Waals surface area contributed by atoms with E-state index in [1.165, 1.54) is 15.8 Å². The van der Waals surface area contributed by atoms with Crippen LogP contribution in [0.2, 0.25) is 0 Å². The molecule has 2 N–H and O–H groups in total. The molecular formula is C34H42N8O3. The van der Waals surface area contributed by atoms with Gasteiger partial charge in [0.05, 0.1) is 18.5 Å². The predicted molar refractivity (Wildman–Crippen MR) is 178 cm³/mol. The van der Waals surface area contributed by atoms with Crippen LogP contribution < -0.4 is 15.8 Å². The number of hydrogen-bond donors (Lipinski definition) is 2. The number of rotatable bonds is 8. The normalized spacial score (nSPS) is 17.7. The molecule has 3 aromatic heterocycles. The Hall–Kier alpha value is -4.48. The van der Waals surface area contributed by atoms with Crippen molar-refractivity contribution in [3.63, 3.8) is 0 Å². The second kappa shape index (κ2) is 12.9. The van der Waals surface area contributed by atoms with Gasteiger partial charge >= 0.3 is 0 Å². The third kappa shape index (κ3) is 5.97. The molecular weight excluding hydrogens is 568 g/mol. The van der Waals surface area contributed by atoms with Crippen LogP contribution in [0.1, 0.15) is 47.1 Å². The number of aryl methyl sites for hydroxylation is 2. The minimum absolute atomic E-state index is 0.0844. The number of aliphatic hydroxyl groups excluding tert-OH is 1. The van der Waals surface area contributed by atoms with E-state index in [9.17, 15) is 14.7 Å². The largest absolute Gasteiger partial charge is 0.392 e. The number of piperazine rings is 1. The van der Waals surface area contributed by atoms with Gasteiger partial charge in [-0.2, -0.15) is 0 Å². The SMILES string of the molecule is C=N/C(=C\C=C(/C)N1CCN(C)CC1)Nc1cc(-c2cncc(N3CCn4c(cc5c4CCCC5)C3=O)c2CO)cn(C)c1=O. The summed E-state index contributed by atoms with van der Waals surface area (Å²) in [4.78, 5) is 42.0. The molecule has 45 heavy (non-hydrogen) atoms. The van der Waals surface area contributed by atoms with Crippen molar-refractivity contribution in [2.75, 3.05) is 50.0 Å². The Morgan fingerprint density at radius 1 is 1.04 bits per heavy atom. The number of aliphatic hydroxyl groups is 1. The highest BCUT2D eigenvalue weighted by Gasteiger charge is 2.32. The number of aromatic nitrogens is 3. The first-order valence-corrected chi connectivity index (χ1v) is 15.7. The van der Waals surface area contributed by atoms with E-state index in [0.29, 0.717) is 52.7 Å². The number of anilines is 2. The zero-order valence-corrected chi connectivity index (χ0v) is 26.4. The minimum Gasteiger partial charge on any atom is -0.392 e. The van der Waals surface area contributed by atoms with Crippen LogP contribution in [0.25, 0.3) is 11.1 Å². The van der Waals surface area contributed by atoms with E-state index in [1.807, 2.05) is 18.2 Å². The molecule has 2 aliphatic heterocycles. The number of likely N-dealkylation sites (N-methyl/N-ethyl adjacent to an activating group) is 1. The summed E-state index contributed by atoms with van der Waals surface area (Å²) in [5.74, 6) is 0.357. The van der Waals surface area contributed by atoms with Gasteiger partial charge in [-0.05, 0) is 76.2 Å². The van der Waals surface area contributed by atoms with Gasteiger partial charge in [-0.3, -0.25) is 14.6 Å². The van der Waals surface area contributed by atoms with Crippen molar-refractivity contribution in [1.82, 2.24) is 23.9 Å². The number of pyridine rings is 2. The molecule has 0 atom stereocenters. The maximum absolute atomic E-state index is 13.8. The van der Waals surface area contributed by atoms with Gasteiger partial charge in [0.15, 0.2) is 0 Å². The molecule has 0 spiro atoms. The van der Waals surface area contributed by atoms with Crippen LogP contribution in [0.5, 0.6) is 0 Å². The standard InChI is InChI=1S/C34H42N8O3/c1-23(40-13-11-38(3)12-14-40)9-10-32(35-2)37-28-17-25(21-39(4)33(28)44)26-19-36-20-31(27(26)22-43)42-16-15-41-29-8-6-5-7-24(29)18-30(41)34(42)45/h9-10,17-21,37,43H,2,5-8,11-16,22H2,1,3-4H3/b23-9+,32-10+. The summed E-state index contributed by atoms with van der Waals surface area (Å²) in [5, 5.41) is 13.8. The first-order chi connectivity index (χ1) is 21.8. The van der Waals surface area contributed by atoms with Gasteiger partial charge in [0.25, 0.3) is 11.5 Å². The average molecular weight is 611 g/mol. The lowest BCUT2D eigenvalue weighted by Crippen LogP contribution is -2.43. The fourth-order valence-electron chi connectivity index (χ4n) is 6.68. The molecule has 6 rings (SSSR count). The Labute approximate surface area is 263 Å². The molecule has 0 bridgehead atoms. The third-order valence-corrected chi connectivity index (χ3v) is 9.31. The van der Waals surface area contributed by atoms with E-state index >= 15 is 0 Å². The van der Waals surface area contributed by atoms with Crippen molar-refractivity contribution in [3.05, 3.63) is 87.3 Å². The minimum atomic E-state index is -0.296. The zero-order chi connectivity index (χ0) is 31.7. The second-order valence-corrected chi connectivity index (χ2v) is 12.2. The fourth-order valence-corrected chi connectivity index (χ4v) is 6.68. The lowest BCUT2D eigenvalue weighted by atomic mass is 9.98. The van der Waals surface area contributed by atoms with Gasteiger partial charge in [-0.25, -0.2) is 4.99 Å². The molecule has 3 aliphatic rings. The third-order valence-electron chi connectivity index (χ3n) is 9.31. The molecule has 236 valence electrons. The molecule has 0 aromatic carbocycles. The van der Waals surface area contributed by atoms with Crippen LogP contribution in [-0.4, -0.2) is 81.4 Å². The molecule has 5 heterocycles. The van der Waals surface area contributed by atoms with Gasteiger partial charge < -0.3 is 34.3 Å². The van der Waals surface area contributed by atoms with E-state index in [0.717, 1.165) is 57.6 Å². The van der Waals surface area contributed by atoms with Gasteiger partial charge in [0.1, 0.15) is 17.2 Å². The maximum Gasteiger partial charge on any atom is 0.275 e. The number of allylic oxidation sites excluding steroid dienone is 3. The van der Waals surface area contributed by atoms with Crippen LogP contribution >= 0.6 is 0 Å². The summed E-state index contributed by atoms with van der Waals surface area (Å²) in [6.07, 6.45) is 13.2. The van der Waals surface area contributed by atoms with Gasteiger partial charge in [0.2, 0.25) is 0 Å². The highest BCUT2D eigenvalue weighted by atomic mass is 16.3. The van der Waals surface area contributed by atoms with Crippen LogP contribution in [0, 0.1) is 0 Å². The molecule has 1 amide bonds. The topological polar surface area (TPSA) is 111 Å². The van der Waals surface area contributed by atoms with Crippen LogP contribution in [0.3, 0.4) is 0 Å². The molecule has 11 nitrogen and oxygen atoms in total. The number of nitrogens with one attached hydrogen (secondary N) is 1. The van der Waals surface area contributed by atoms with Crippen molar-refractivity contribution < 1.29 is 9.90 Å². The Balaban J connectivity index is 1.30. The lowest BCUT2D eigenvalue weighted by molar-refractivity contribution is 0.0964. The summed E-state index contributed by atoms with van der Waals surface area (Å²) in [6, 6.07) is 3.78. The predicted octanol–water partition coefficient (Wildman–Crippen LogP) is 3.39. The number of fused-ring (bicyclic) bond motifs is 3. The molecule has 11 heteroatoms. The van der Waals surface area contributed by atoms with Gasteiger partial charge in [0, 0.05) is 86.8 Å². The van der Waals surface area contributed by atoms with E-state index in [1.54, 1.807) is 36.6 Å². The Morgan fingerprint density at radius 2 is 1.82 bits per heavy atom. The highest BCUT2D eigenvalue weighted by molar-refractivity contribution is 6.07. The number of nitrogens with zero attached hydrogens (tertiary/aromatic N) is 7. The Bertz CT molecular complexity index is 1740. The summed E-state index contributed by atoms with van der Waals surface area (Å²) >= 11 is 0. The number of carbonyl (C=O) groups is 1. The smallest absolute Gasteiger partial charge is 0.275 e. The van der Waals surface area contributed by atoms with Crippen molar-refractivity contribution in [1.29, 1.82) is 0 Å². The van der Waals surface area contributed by atoms with E-state index < -0.39 is 0 Å². The van der Waals surface area contributed by atoms with Crippen molar-refractivity contribution in [2.24, 2.45) is 12.0 Å². The van der Waals surface area contributed by atoms with Gasteiger partial charge in [-0.1, -0.05) is 0 Å². The maximum atomic E-state index is 13.8. The summed E-state index contributed by atoms with van der Waals surface area (Å²) < 4.78 is 3.66. The Kier molecular flexibility index (Phi) is 8.73. The van der Waals surface area contributed by atoms with Crippen molar-refractivity contribution in [2.45, 2.75) is 45.8 Å². The highest BCUT2D eigenvalue weighted by Crippen LogP contribution is 2.35. The number of amides is 1. The molecule has 0 saturated carbocycles. The Morgan fingerprint density at radius 3 is 2.58 bits per heavy atom. The van der Waals surface area contributed by atoms with Gasteiger partial charge in [-0.15, -0.1) is 0 Å². The monoisotopic (exact) mass is 610 g/mol. The molecule has 1 saturated heterocycles.